The number of halogens is 1. The summed E-state index contributed by atoms with van der Waals surface area (Å²) in [6, 6.07) is 10.3. The third-order valence-electron chi connectivity index (χ3n) is 4.06. The average Bonchev–Trinajstić information content (AvgIpc) is 2.48. The molecule has 2 rings (SSSR count). The van der Waals surface area contributed by atoms with E-state index in [9.17, 15) is 4.79 Å². The van der Waals surface area contributed by atoms with Crippen LogP contribution in [0.3, 0.4) is 0 Å². The van der Waals surface area contributed by atoms with Crippen LogP contribution in [-0.2, 0) is 11.3 Å². The molecule has 2 N–H and O–H groups in total. The van der Waals surface area contributed by atoms with Crippen LogP contribution >= 0.6 is 12.4 Å². The SMILES string of the molecule is CC1CCCN(C(=O)CN(CCN)Cc2ccccc2)C1.Cl. The van der Waals surface area contributed by atoms with Crippen molar-refractivity contribution in [2.45, 2.75) is 26.3 Å². The Morgan fingerprint density at radius 2 is 2.09 bits per heavy atom. The molecule has 1 saturated heterocycles. The van der Waals surface area contributed by atoms with Gasteiger partial charge < -0.3 is 10.6 Å². The predicted octanol–water partition coefficient (Wildman–Crippen LogP) is 2.13. The minimum atomic E-state index is 0. The molecule has 5 heteroatoms. The number of nitrogens with zero attached hydrogens (tertiary/aromatic N) is 2. The summed E-state index contributed by atoms with van der Waals surface area (Å²) in [6.07, 6.45) is 2.36. The van der Waals surface area contributed by atoms with Gasteiger partial charge in [-0.15, -0.1) is 12.4 Å². The summed E-state index contributed by atoms with van der Waals surface area (Å²) in [5.41, 5.74) is 6.92. The van der Waals surface area contributed by atoms with E-state index in [2.05, 4.69) is 24.0 Å². The molecule has 4 nitrogen and oxygen atoms in total. The number of nitrogens with two attached hydrogens (primary N) is 1. The van der Waals surface area contributed by atoms with Crippen molar-refractivity contribution in [3.63, 3.8) is 0 Å². The number of carbonyl (C=O) groups excluding carboxylic acids is 1. The first-order valence-electron chi connectivity index (χ1n) is 7.93. The van der Waals surface area contributed by atoms with Crippen molar-refractivity contribution in [2.75, 3.05) is 32.7 Å². The van der Waals surface area contributed by atoms with Crippen molar-refractivity contribution < 1.29 is 4.79 Å². The molecule has 124 valence electrons. The van der Waals surface area contributed by atoms with Crippen molar-refractivity contribution in [1.82, 2.24) is 9.80 Å². The second kappa shape index (κ2) is 9.82. The van der Waals surface area contributed by atoms with E-state index in [1.54, 1.807) is 0 Å². The van der Waals surface area contributed by atoms with Crippen LogP contribution in [0.25, 0.3) is 0 Å². The van der Waals surface area contributed by atoms with E-state index in [0.717, 1.165) is 32.6 Å². The molecule has 1 amide bonds. The Balaban J connectivity index is 0.00000242. The van der Waals surface area contributed by atoms with Crippen LogP contribution in [-0.4, -0.2) is 48.4 Å². The molecule has 1 aromatic carbocycles. The Labute approximate surface area is 140 Å². The van der Waals surface area contributed by atoms with Crippen LogP contribution in [0.15, 0.2) is 30.3 Å². The predicted molar refractivity (Wildman–Crippen MR) is 93.0 cm³/mol. The first-order valence-corrected chi connectivity index (χ1v) is 7.93. The van der Waals surface area contributed by atoms with Gasteiger partial charge in [0.1, 0.15) is 0 Å². The van der Waals surface area contributed by atoms with E-state index in [-0.39, 0.29) is 18.3 Å². The van der Waals surface area contributed by atoms with Gasteiger partial charge in [0.25, 0.3) is 0 Å². The zero-order valence-electron chi connectivity index (χ0n) is 13.4. The minimum absolute atomic E-state index is 0. The van der Waals surface area contributed by atoms with Gasteiger partial charge in [0.2, 0.25) is 5.91 Å². The normalized spacial score (nSPS) is 18.1. The highest BCUT2D eigenvalue weighted by molar-refractivity contribution is 5.85. The zero-order chi connectivity index (χ0) is 15.1. The van der Waals surface area contributed by atoms with Crippen LogP contribution < -0.4 is 5.73 Å². The number of hydrogen-bond donors (Lipinski definition) is 1. The topological polar surface area (TPSA) is 49.6 Å². The number of piperidine rings is 1. The number of likely N-dealkylation sites (tertiary alicyclic amines) is 1. The highest BCUT2D eigenvalue weighted by Gasteiger charge is 2.22. The lowest BCUT2D eigenvalue weighted by molar-refractivity contribution is -0.134. The molecule has 0 bridgehead atoms. The number of hydrogen-bond acceptors (Lipinski definition) is 3. The zero-order valence-corrected chi connectivity index (χ0v) is 14.2. The molecule has 1 atom stereocenters. The Hall–Kier alpha value is -1.10. The third kappa shape index (κ3) is 5.95. The second-order valence-corrected chi connectivity index (χ2v) is 6.07. The molecule has 22 heavy (non-hydrogen) atoms. The maximum absolute atomic E-state index is 12.5. The van der Waals surface area contributed by atoms with Crippen molar-refractivity contribution in [2.24, 2.45) is 11.7 Å². The lowest BCUT2D eigenvalue weighted by Gasteiger charge is -2.33. The molecule has 1 aliphatic heterocycles. The van der Waals surface area contributed by atoms with Gasteiger partial charge in [0.15, 0.2) is 0 Å². The lowest BCUT2D eigenvalue weighted by Crippen LogP contribution is -2.45. The van der Waals surface area contributed by atoms with Gasteiger partial charge in [-0.25, -0.2) is 0 Å². The van der Waals surface area contributed by atoms with Gasteiger partial charge in [-0.05, 0) is 24.3 Å². The van der Waals surface area contributed by atoms with Gasteiger partial charge in [0.05, 0.1) is 6.54 Å². The van der Waals surface area contributed by atoms with Gasteiger partial charge in [-0.2, -0.15) is 0 Å². The van der Waals surface area contributed by atoms with E-state index in [1.165, 1.54) is 12.0 Å². The number of rotatable bonds is 6. The van der Waals surface area contributed by atoms with Gasteiger partial charge >= 0.3 is 0 Å². The smallest absolute Gasteiger partial charge is 0.236 e. The Morgan fingerprint density at radius 1 is 1.36 bits per heavy atom. The molecule has 1 aliphatic rings. The highest BCUT2D eigenvalue weighted by atomic mass is 35.5. The quantitative estimate of drug-likeness (QED) is 0.871. The summed E-state index contributed by atoms with van der Waals surface area (Å²) < 4.78 is 0. The first-order chi connectivity index (χ1) is 10.2. The fraction of sp³-hybridized carbons (Fsp3) is 0.588. The van der Waals surface area contributed by atoms with E-state index in [1.807, 2.05) is 23.1 Å². The van der Waals surface area contributed by atoms with Gasteiger partial charge in [-0.3, -0.25) is 9.69 Å². The van der Waals surface area contributed by atoms with Crippen molar-refractivity contribution in [1.29, 1.82) is 0 Å². The summed E-state index contributed by atoms with van der Waals surface area (Å²) in [7, 11) is 0. The molecule has 0 saturated carbocycles. The summed E-state index contributed by atoms with van der Waals surface area (Å²) in [4.78, 5) is 16.6. The first kappa shape index (κ1) is 18.9. The summed E-state index contributed by atoms with van der Waals surface area (Å²) >= 11 is 0. The molecular weight excluding hydrogens is 298 g/mol. The maximum atomic E-state index is 12.5. The standard InChI is InChI=1S/C17H27N3O.ClH/c1-15-6-5-10-20(12-15)17(21)14-19(11-9-18)13-16-7-3-2-4-8-16;/h2-4,7-8,15H,5-6,9-14,18H2,1H3;1H. The van der Waals surface area contributed by atoms with Crippen LogP contribution in [0.4, 0.5) is 0 Å². The van der Waals surface area contributed by atoms with E-state index < -0.39 is 0 Å². The largest absolute Gasteiger partial charge is 0.341 e. The highest BCUT2D eigenvalue weighted by Crippen LogP contribution is 2.16. The third-order valence-corrected chi connectivity index (χ3v) is 4.06. The van der Waals surface area contributed by atoms with Gasteiger partial charge in [-0.1, -0.05) is 37.3 Å². The number of carbonyl (C=O) groups is 1. The van der Waals surface area contributed by atoms with Crippen molar-refractivity contribution in [3.8, 4) is 0 Å². The average molecular weight is 326 g/mol. The van der Waals surface area contributed by atoms with Crippen LogP contribution in [0.5, 0.6) is 0 Å². The summed E-state index contributed by atoms with van der Waals surface area (Å²) in [5.74, 6) is 0.866. The van der Waals surface area contributed by atoms with Crippen LogP contribution in [0, 0.1) is 5.92 Å². The van der Waals surface area contributed by atoms with E-state index >= 15 is 0 Å². The fourth-order valence-electron chi connectivity index (χ4n) is 2.95. The second-order valence-electron chi connectivity index (χ2n) is 6.07. The molecule has 1 aromatic rings. The molecule has 0 aromatic heterocycles. The summed E-state index contributed by atoms with van der Waals surface area (Å²) in [5, 5.41) is 0. The van der Waals surface area contributed by atoms with E-state index in [4.69, 9.17) is 5.73 Å². The monoisotopic (exact) mass is 325 g/mol. The Kier molecular flexibility index (Phi) is 8.46. The molecular formula is C17H28ClN3O. The van der Waals surface area contributed by atoms with Crippen LogP contribution in [0.1, 0.15) is 25.3 Å². The van der Waals surface area contributed by atoms with Crippen molar-refractivity contribution >= 4 is 18.3 Å². The fourth-order valence-corrected chi connectivity index (χ4v) is 2.95. The number of amides is 1. The van der Waals surface area contributed by atoms with Crippen molar-refractivity contribution in [3.05, 3.63) is 35.9 Å². The molecule has 0 aliphatic carbocycles. The summed E-state index contributed by atoms with van der Waals surface area (Å²) in [6.45, 7) is 6.62. The number of benzene rings is 1. The Bertz CT molecular complexity index is 441. The lowest BCUT2D eigenvalue weighted by atomic mass is 10.0. The van der Waals surface area contributed by atoms with Gasteiger partial charge in [0, 0.05) is 32.7 Å². The Morgan fingerprint density at radius 3 is 2.73 bits per heavy atom. The maximum Gasteiger partial charge on any atom is 0.236 e. The molecule has 1 fully saturated rings. The van der Waals surface area contributed by atoms with Crippen LogP contribution in [0.2, 0.25) is 0 Å². The molecule has 0 radical (unpaired) electrons. The van der Waals surface area contributed by atoms with E-state index in [0.29, 0.717) is 19.0 Å². The molecule has 0 spiro atoms. The molecule has 1 heterocycles. The molecule has 1 unspecified atom stereocenters. The minimum Gasteiger partial charge on any atom is -0.341 e.